The molecule has 2 nitrogen and oxygen atoms in total. The first-order valence-corrected chi connectivity index (χ1v) is 3.10. The van der Waals surface area contributed by atoms with Gasteiger partial charge in [0.25, 0.3) is 0 Å². The summed E-state index contributed by atoms with van der Waals surface area (Å²) in [7, 11) is 0. The molecule has 0 spiro atoms. The quantitative estimate of drug-likeness (QED) is 0.548. The molecule has 1 atom stereocenters. The van der Waals surface area contributed by atoms with E-state index in [0.717, 1.165) is 0 Å². The Bertz CT molecular complexity index is 247. The summed E-state index contributed by atoms with van der Waals surface area (Å²) < 4.78 is 17.6. The van der Waals surface area contributed by atoms with Gasteiger partial charge in [0.2, 0.25) is 0 Å². The van der Waals surface area contributed by atoms with Crippen LogP contribution in [0, 0.1) is 5.82 Å². The van der Waals surface area contributed by atoms with Crippen molar-refractivity contribution in [3.05, 3.63) is 29.8 Å². The molecule has 1 aromatic heterocycles. The minimum absolute atomic E-state index is 0.0822. The first kappa shape index (κ1) is 5.80. The molecule has 1 aliphatic heterocycles. The number of hydrogen-bond acceptors (Lipinski definition) is 2. The van der Waals surface area contributed by atoms with Gasteiger partial charge in [-0.05, 0) is 12.1 Å². The van der Waals surface area contributed by atoms with Crippen LogP contribution in [0.1, 0.15) is 11.8 Å². The van der Waals surface area contributed by atoms with Gasteiger partial charge < -0.3 is 4.74 Å². The standard InChI is InChI=1S/C7H6FNO/c8-5-2-1-3-9-7(5)6-4-10-6/h1-3,6H,4H2/t6-/m0/s1. The molecule has 0 aromatic carbocycles. The van der Waals surface area contributed by atoms with Crippen LogP contribution < -0.4 is 0 Å². The van der Waals surface area contributed by atoms with E-state index < -0.39 is 0 Å². The summed E-state index contributed by atoms with van der Waals surface area (Å²) in [5.41, 5.74) is 0.433. The zero-order chi connectivity index (χ0) is 6.97. The molecule has 1 aromatic rings. The number of nitrogens with zero attached hydrogens (tertiary/aromatic N) is 1. The van der Waals surface area contributed by atoms with Crippen molar-refractivity contribution in [2.75, 3.05) is 6.61 Å². The summed E-state index contributed by atoms with van der Waals surface area (Å²) in [6.07, 6.45) is 1.49. The zero-order valence-corrected chi connectivity index (χ0v) is 5.25. The van der Waals surface area contributed by atoms with Crippen LogP contribution in [0.5, 0.6) is 0 Å². The summed E-state index contributed by atoms with van der Waals surface area (Å²) >= 11 is 0. The van der Waals surface area contributed by atoms with Crippen molar-refractivity contribution in [1.82, 2.24) is 4.98 Å². The lowest BCUT2D eigenvalue weighted by molar-refractivity contribution is 0.402. The van der Waals surface area contributed by atoms with Crippen LogP contribution in [0.15, 0.2) is 18.3 Å². The Morgan fingerprint density at radius 2 is 2.50 bits per heavy atom. The lowest BCUT2D eigenvalue weighted by Gasteiger charge is -1.93. The maximum Gasteiger partial charge on any atom is 0.147 e. The summed E-state index contributed by atoms with van der Waals surface area (Å²) in [6.45, 7) is 0.605. The van der Waals surface area contributed by atoms with Crippen molar-refractivity contribution in [3.8, 4) is 0 Å². The molecule has 0 N–H and O–H groups in total. The van der Waals surface area contributed by atoms with E-state index in [2.05, 4.69) is 4.98 Å². The van der Waals surface area contributed by atoms with Crippen LogP contribution in [0.2, 0.25) is 0 Å². The van der Waals surface area contributed by atoms with Crippen LogP contribution in [0.3, 0.4) is 0 Å². The summed E-state index contributed by atoms with van der Waals surface area (Å²) in [4.78, 5) is 3.84. The average molecular weight is 139 g/mol. The Balaban J connectivity index is 2.39. The largest absolute Gasteiger partial charge is 0.366 e. The molecule has 10 heavy (non-hydrogen) atoms. The van der Waals surface area contributed by atoms with Crippen molar-refractivity contribution in [3.63, 3.8) is 0 Å². The highest BCUT2D eigenvalue weighted by atomic mass is 19.1. The zero-order valence-electron chi connectivity index (χ0n) is 5.25. The molecule has 2 heterocycles. The third-order valence-corrected chi connectivity index (χ3v) is 1.43. The van der Waals surface area contributed by atoms with Gasteiger partial charge in [0.05, 0.1) is 6.61 Å². The van der Waals surface area contributed by atoms with Gasteiger partial charge in [-0.3, -0.25) is 4.98 Å². The van der Waals surface area contributed by atoms with E-state index in [-0.39, 0.29) is 11.9 Å². The van der Waals surface area contributed by atoms with Crippen molar-refractivity contribution in [1.29, 1.82) is 0 Å². The predicted molar refractivity (Wildman–Crippen MR) is 32.9 cm³/mol. The Morgan fingerprint density at radius 1 is 1.70 bits per heavy atom. The fourth-order valence-corrected chi connectivity index (χ4v) is 0.841. The van der Waals surface area contributed by atoms with Gasteiger partial charge in [-0.1, -0.05) is 0 Å². The van der Waals surface area contributed by atoms with Gasteiger partial charge in [0.1, 0.15) is 17.6 Å². The van der Waals surface area contributed by atoms with Gasteiger partial charge in [-0.15, -0.1) is 0 Å². The number of hydrogen-bond donors (Lipinski definition) is 0. The highest BCUT2D eigenvalue weighted by molar-refractivity contribution is 5.12. The van der Waals surface area contributed by atoms with Crippen LogP contribution in [-0.2, 0) is 4.74 Å². The molecule has 2 rings (SSSR count). The van der Waals surface area contributed by atoms with E-state index in [4.69, 9.17) is 4.74 Å². The third kappa shape index (κ3) is 0.885. The van der Waals surface area contributed by atoms with Crippen LogP contribution >= 0.6 is 0 Å². The number of pyridine rings is 1. The molecule has 0 saturated carbocycles. The maximum absolute atomic E-state index is 12.7. The van der Waals surface area contributed by atoms with E-state index >= 15 is 0 Å². The minimum Gasteiger partial charge on any atom is -0.366 e. The normalized spacial score (nSPS) is 22.7. The molecule has 1 aliphatic rings. The van der Waals surface area contributed by atoms with Crippen molar-refractivity contribution < 1.29 is 9.13 Å². The average Bonchev–Trinajstić information content (AvgIpc) is 2.71. The molecule has 3 heteroatoms. The molecule has 0 radical (unpaired) electrons. The summed E-state index contributed by atoms with van der Waals surface area (Å²) in [5, 5.41) is 0. The third-order valence-electron chi connectivity index (χ3n) is 1.43. The second kappa shape index (κ2) is 2.02. The first-order valence-electron chi connectivity index (χ1n) is 3.10. The molecule has 0 aliphatic carbocycles. The predicted octanol–water partition coefficient (Wildman–Crippen LogP) is 1.29. The molecule has 0 bridgehead atoms. The number of ether oxygens (including phenoxy) is 1. The summed E-state index contributed by atoms with van der Waals surface area (Å²) in [6, 6.07) is 2.96. The van der Waals surface area contributed by atoms with Crippen LogP contribution in [0.4, 0.5) is 4.39 Å². The van der Waals surface area contributed by atoms with Gasteiger partial charge in [-0.25, -0.2) is 4.39 Å². The topological polar surface area (TPSA) is 25.4 Å². The summed E-state index contributed by atoms with van der Waals surface area (Å²) in [5.74, 6) is -0.273. The molecule has 1 saturated heterocycles. The second-order valence-corrected chi connectivity index (χ2v) is 2.19. The number of rotatable bonds is 1. The van der Waals surface area contributed by atoms with Gasteiger partial charge in [0.15, 0.2) is 0 Å². The SMILES string of the molecule is Fc1cccnc1[C@@H]1CO1. The minimum atomic E-state index is -0.273. The first-order chi connectivity index (χ1) is 4.88. The number of epoxide rings is 1. The molecule has 52 valence electrons. The molecular weight excluding hydrogens is 133 g/mol. The van der Waals surface area contributed by atoms with Gasteiger partial charge in [0, 0.05) is 6.20 Å². The lowest BCUT2D eigenvalue weighted by atomic mass is 10.3. The van der Waals surface area contributed by atoms with E-state index in [9.17, 15) is 4.39 Å². The van der Waals surface area contributed by atoms with Crippen LogP contribution in [0.25, 0.3) is 0 Å². The monoisotopic (exact) mass is 139 g/mol. The van der Waals surface area contributed by atoms with Crippen LogP contribution in [-0.4, -0.2) is 11.6 Å². The molecule has 0 unspecified atom stereocenters. The van der Waals surface area contributed by atoms with Gasteiger partial charge in [-0.2, -0.15) is 0 Å². The Labute approximate surface area is 57.7 Å². The lowest BCUT2D eigenvalue weighted by Crippen LogP contribution is -1.90. The fourth-order valence-electron chi connectivity index (χ4n) is 0.841. The molecule has 0 amide bonds. The fraction of sp³-hybridized carbons (Fsp3) is 0.286. The van der Waals surface area contributed by atoms with Crippen molar-refractivity contribution in [2.24, 2.45) is 0 Å². The second-order valence-electron chi connectivity index (χ2n) is 2.19. The van der Waals surface area contributed by atoms with Gasteiger partial charge >= 0.3 is 0 Å². The highest BCUT2D eigenvalue weighted by Gasteiger charge is 2.28. The van der Waals surface area contributed by atoms with E-state index in [1.807, 2.05) is 0 Å². The Morgan fingerprint density at radius 3 is 3.10 bits per heavy atom. The Hall–Kier alpha value is -0.960. The molecule has 1 fully saturated rings. The Kier molecular flexibility index (Phi) is 1.17. The van der Waals surface area contributed by atoms with E-state index in [1.54, 1.807) is 12.3 Å². The maximum atomic E-state index is 12.7. The van der Waals surface area contributed by atoms with Crippen molar-refractivity contribution >= 4 is 0 Å². The highest BCUT2D eigenvalue weighted by Crippen LogP contribution is 2.29. The van der Waals surface area contributed by atoms with Crippen molar-refractivity contribution in [2.45, 2.75) is 6.10 Å². The smallest absolute Gasteiger partial charge is 0.147 e. The van der Waals surface area contributed by atoms with E-state index in [0.29, 0.717) is 12.3 Å². The number of aromatic nitrogens is 1. The molecular formula is C7H6FNO. The number of halogens is 1. The van der Waals surface area contributed by atoms with E-state index in [1.165, 1.54) is 6.07 Å².